The Bertz CT molecular complexity index is 243. The van der Waals surface area contributed by atoms with Crippen molar-refractivity contribution in [2.24, 2.45) is 5.92 Å². The Morgan fingerprint density at radius 3 is 2.24 bits per heavy atom. The van der Waals surface area contributed by atoms with Crippen LogP contribution in [0.2, 0.25) is 0 Å². The molecule has 0 bridgehead atoms. The van der Waals surface area contributed by atoms with Crippen LogP contribution in [0.4, 0.5) is 0 Å². The van der Waals surface area contributed by atoms with Gasteiger partial charge in [-0.3, -0.25) is 4.79 Å². The highest BCUT2D eigenvalue weighted by molar-refractivity contribution is 5.76. The Morgan fingerprint density at radius 1 is 1.06 bits per heavy atom. The molecule has 1 amide bonds. The zero-order valence-corrected chi connectivity index (χ0v) is 11.0. The predicted molar refractivity (Wildman–Crippen MR) is 69.8 cm³/mol. The molecule has 0 aromatic carbocycles. The lowest BCUT2D eigenvalue weighted by Gasteiger charge is -2.31. The second-order valence-corrected chi connectivity index (χ2v) is 5.67. The molecule has 17 heavy (non-hydrogen) atoms. The molecule has 2 N–H and O–H groups in total. The van der Waals surface area contributed by atoms with Gasteiger partial charge in [-0.2, -0.15) is 0 Å². The molecule has 3 nitrogen and oxygen atoms in total. The lowest BCUT2D eigenvalue weighted by atomic mass is 9.82. The first-order valence-corrected chi connectivity index (χ1v) is 7.30. The summed E-state index contributed by atoms with van der Waals surface area (Å²) in [5, 5.41) is 6.71. The summed E-state index contributed by atoms with van der Waals surface area (Å²) in [4.78, 5) is 11.8. The van der Waals surface area contributed by atoms with Gasteiger partial charge in [0.25, 0.3) is 0 Å². The van der Waals surface area contributed by atoms with E-state index in [9.17, 15) is 4.79 Å². The van der Waals surface area contributed by atoms with Gasteiger partial charge in [0.15, 0.2) is 0 Å². The molecular formula is C14H26N2O. The molecule has 0 spiro atoms. The van der Waals surface area contributed by atoms with E-state index in [1.54, 1.807) is 0 Å². The zero-order valence-electron chi connectivity index (χ0n) is 11.0. The SMILES string of the molecule is CCNC1CCC(NC(=O)CC2CCC2)CC1. The number of nitrogens with one attached hydrogen (secondary N) is 2. The van der Waals surface area contributed by atoms with Crippen molar-refractivity contribution in [3.63, 3.8) is 0 Å². The average Bonchev–Trinajstić information content (AvgIpc) is 2.27. The summed E-state index contributed by atoms with van der Waals surface area (Å²) in [6.45, 7) is 3.22. The van der Waals surface area contributed by atoms with Gasteiger partial charge < -0.3 is 10.6 Å². The summed E-state index contributed by atoms with van der Waals surface area (Å²) in [6.07, 6.45) is 9.34. The third kappa shape index (κ3) is 3.98. The maximum atomic E-state index is 11.8. The first kappa shape index (κ1) is 12.9. The van der Waals surface area contributed by atoms with Crippen molar-refractivity contribution >= 4 is 5.91 Å². The highest BCUT2D eigenvalue weighted by Crippen LogP contribution is 2.29. The lowest BCUT2D eigenvalue weighted by molar-refractivity contribution is -0.123. The van der Waals surface area contributed by atoms with Crippen molar-refractivity contribution in [1.29, 1.82) is 0 Å². The first-order chi connectivity index (χ1) is 8.28. The second kappa shape index (κ2) is 6.39. The third-order valence-electron chi connectivity index (χ3n) is 4.28. The fraction of sp³-hybridized carbons (Fsp3) is 0.929. The first-order valence-electron chi connectivity index (χ1n) is 7.30. The second-order valence-electron chi connectivity index (χ2n) is 5.67. The monoisotopic (exact) mass is 238 g/mol. The van der Waals surface area contributed by atoms with Crippen molar-refractivity contribution < 1.29 is 4.79 Å². The molecule has 2 rings (SSSR count). The maximum Gasteiger partial charge on any atom is 0.220 e. The molecule has 2 saturated carbocycles. The van der Waals surface area contributed by atoms with Crippen molar-refractivity contribution in [3.8, 4) is 0 Å². The number of hydrogen-bond acceptors (Lipinski definition) is 2. The Kier molecular flexibility index (Phi) is 4.84. The zero-order chi connectivity index (χ0) is 12.1. The molecular weight excluding hydrogens is 212 g/mol. The molecule has 2 aliphatic carbocycles. The average molecular weight is 238 g/mol. The molecule has 0 aliphatic heterocycles. The lowest BCUT2D eigenvalue weighted by Crippen LogP contribution is -2.42. The van der Waals surface area contributed by atoms with Crippen molar-refractivity contribution in [2.75, 3.05) is 6.54 Å². The molecule has 98 valence electrons. The standard InChI is InChI=1S/C14H26N2O/c1-2-15-12-6-8-13(9-7-12)16-14(17)10-11-4-3-5-11/h11-13,15H,2-10H2,1H3,(H,16,17). The van der Waals surface area contributed by atoms with Gasteiger partial charge in [0, 0.05) is 18.5 Å². The Hall–Kier alpha value is -0.570. The molecule has 0 aromatic heterocycles. The molecule has 0 aromatic rings. The van der Waals surface area contributed by atoms with Crippen molar-refractivity contribution in [1.82, 2.24) is 10.6 Å². The number of carbonyl (C=O) groups excluding carboxylic acids is 1. The highest BCUT2D eigenvalue weighted by Gasteiger charge is 2.24. The van der Waals surface area contributed by atoms with Gasteiger partial charge in [-0.15, -0.1) is 0 Å². The smallest absolute Gasteiger partial charge is 0.220 e. The van der Waals surface area contributed by atoms with E-state index in [4.69, 9.17) is 0 Å². The van der Waals surface area contributed by atoms with Crippen LogP contribution in [0.1, 0.15) is 58.3 Å². The quantitative estimate of drug-likeness (QED) is 0.771. The molecule has 2 aliphatic rings. The Morgan fingerprint density at radius 2 is 1.71 bits per heavy atom. The predicted octanol–water partition coefficient (Wildman–Crippen LogP) is 2.21. The normalized spacial score (nSPS) is 29.7. The van der Waals surface area contributed by atoms with E-state index in [1.165, 1.54) is 32.1 Å². The summed E-state index contributed by atoms with van der Waals surface area (Å²) in [5.74, 6) is 0.981. The van der Waals surface area contributed by atoms with E-state index in [0.717, 1.165) is 25.8 Å². The van der Waals surface area contributed by atoms with Crippen LogP contribution in [-0.2, 0) is 4.79 Å². The van der Waals surface area contributed by atoms with Gasteiger partial charge >= 0.3 is 0 Å². The van der Waals surface area contributed by atoms with Crippen LogP contribution >= 0.6 is 0 Å². The van der Waals surface area contributed by atoms with Crippen molar-refractivity contribution in [2.45, 2.75) is 70.4 Å². The van der Waals surface area contributed by atoms with E-state index in [-0.39, 0.29) is 0 Å². The summed E-state index contributed by atoms with van der Waals surface area (Å²) in [5.41, 5.74) is 0. The fourth-order valence-electron chi connectivity index (χ4n) is 2.98. The van der Waals surface area contributed by atoms with Gasteiger partial charge in [0.05, 0.1) is 0 Å². The highest BCUT2D eigenvalue weighted by atomic mass is 16.1. The largest absolute Gasteiger partial charge is 0.353 e. The molecule has 0 heterocycles. The summed E-state index contributed by atoms with van der Waals surface area (Å²) < 4.78 is 0. The minimum Gasteiger partial charge on any atom is -0.353 e. The van der Waals surface area contributed by atoms with Crippen molar-refractivity contribution in [3.05, 3.63) is 0 Å². The van der Waals surface area contributed by atoms with Crippen LogP contribution in [0.3, 0.4) is 0 Å². The van der Waals surface area contributed by atoms with Gasteiger partial charge in [-0.05, 0) is 51.0 Å². The van der Waals surface area contributed by atoms with Crippen LogP contribution in [0.25, 0.3) is 0 Å². The molecule has 2 fully saturated rings. The number of hydrogen-bond donors (Lipinski definition) is 2. The number of carbonyl (C=O) groups is 1. The Labute approximate surface area is 105 Å². The minimum atomic E-state index is 0.293. The Balaban J connectivity index is 1.61. The summed E-state index contributed by atoms with van der Waals surface area (Å²) in [6, 6.07) is 1.12. The topological polar surface area (TPSA) is 41.1 Å². The van der Waals surface area contributed by atoms with E-state index in [2.05, 4.69) is 17.6 Å². The molecule has 0 saturated heterocycles. The number of amides is 1. The third-order valence-corrected chi connectivity index (χ3v) is 4.28. The van der Waals surface area contributed by atoms with Gasteiger partial charge in [-0.1, -0.05) is 13.3 Å². The molecule has 0 atom stereocenters. The molecule has 3 heteroatoms. The van der Waals surface area contributed by atoms with E-state index < -0.39 is 0 Å². The van der Waals surface area contributed by atoms with Crippen LogP contribution in [-0.4, -0.2) is 24.5 Å². The van der Waals surface area contributed by atoms with Gasteiger partial charge in [0.1, 0.15) is 0 Å². The van der Waals surface area contributed by atoms with E-state index in [0.29, 0.717) is 23.9 Å². The van der Waals surface area contributed by atoms with Crippen LogP contribution in [0, 0.1) is 5.92 Å². The number of rotatable bonds is 5. The van der Waals surface area contributed by atoms with E-state index >= 15 is 0 Å². The van der Waals surface area contributed by atoms with Gasteiger partial charge in [0.2, 0.25) is 5.91 Å². The molecule has 0 unspecified atom stereocenters. The van der Waals surface area contributed by atoms with E-state index in [1.807, 2.05) is 0 Å². The summed E-state index contributed by atoms with van der Waals surface area (Å²) in [7, 11) is 0. The van der Waals surface area contributed by atoms with Crippen LogP contribution in [0.5, 0.6) is 0 Å². The van der Waals surface area contributed by atoms with Crippen LogP contribution in [0.15, 0.2) is 0 Å². The van der Waals surface area contributed by atoms with Crippen LogP contribution < -0.4 is 10.6 Å². The fourth-order valence-corrected chi connectivity index (χ4v) is 2.98. The minimum absolute atomic E-state index is 0.293. The molecule has 0 radical (unpaired) electrons. The maximum absolute atomic E-state index is 11.8. The summed E-state index contributed by atoms with van der Waals surface area (Å²) >= 11 is 0. The van der Waals surface area contributed by atoms with Gasteiger partial charge in [-0.25, -0.2) is 0 Å².